The van der Waals surface area contributed by atoms with Gasteiger partial charge in [-0.2, -0.15) is 0 Å². The molecule has 11 N–H and O–H groups in total. The maximum absolute atomic E-state index is 13.7. The molecule has 2 aromatic carbocycles. The Morgan fingerprint density at radius 1 is 0.773 bits per heavy atom. The first-order valence-corrected chi connectivity index (χ1v) is 14.6. The Hall–Kier alpha value is -4.75. The maximum atomic E-state index is 13.7. The highest BCUT2D eigenvalue weighted by Crippen LogP contribution is 2.19. The van der Waals surface area contributed by atoms with Crippen LogP contribution in [0.25, 0.3) is 10.9 Å². The SMILES string of the molecule is NCCCCC(NC(=O)C(Cc1c[nH]c2ccccc12)NC(=O)C(N)CCC(N)=O)C(=O)NC(Cc1ccccc1)C(=O)O. The zero-order valence-electron chi connectivity index (χ0n) is 24.5. The van der Waals surface area contributed by atoms with E-state index in [0.717, 1.165) is 22.0 Å². The number of carbonyl (C=O) groups excluding carboxylic acids is 4. The number of rotatable bonds is 18. The van der Waals surface area contributed by atoms with E-state index in [9.17, 15) is 29.1 Å². The van der Waals surface area contributed by atoms with Gasteiger partial charge in [0.15, 0.2) is 0 Å². The second kappa shape index (κ2) is 16.8. The van der Waals surface area contributed by atoms with Crippen LogP contribution in [0.15, 0.2) is 60.8 Å². The Kier molecular flexibility index (Phi) is 12.9. The quantitative estimate of drug-likeness (QED) is 0.0929. The minimum atomic E-state index is -1.23. The van der Waals surface area contributed by atoms with Crippen LogP contribution in [-0.4, -0.2) is 70.4 Å². The summed E-state index contributed by atoms with van der Waals surface area (Å²) in [6, 6.07) is 11.7. The molecular weight excluding hydrogens is 566 g/mol. The molecular formula is C31H41N7O6. The monoisotopic (exact) mass is 607 g/mol. The number of primary amides is 1. The summed E-state index contributed by atoms with van der Waals surface area (Å²) < 4.78 is 0. The predicted octanol–water partition coefficient (Wildman–Crippen LogP) is 0.214. The normalized spacial score (nSPS) is 13.8. The summed E-state index contributed by atoms with van der Waals surface area (Å²) in [6.45, 7) is 0.372. The van der Waals surface area contributed by atoms with Crippen LogP contribution in [0.3, 0.4) is 0 Å². The molecule has 0 radical (unpaired) electrons. The zero-order chi connectivity index (χ0) is 32.1. The van der Waals surface area contributed by atoms with E-state index in [4.69, 9.17) is 17.2 Å². The van der Waals surface area contributed by atoms with Gasteiger partial charge in [-0.3, -0.25) is 19.2 Å². The lowest BCUT2D eigenvalue weighted by Crippen LogP contribution is -2.57. The number of carboxylic acid groups (broad SMARTS) is 1. The number of para-hydroxylation sites is 1. The summed E-state index contributed by atoms with van der Waals surface area (Å²) in [5.41, 5.74) is 19.1. The first-order chi connectivity index (χ1) is 21.1. The third-order valence-corrected chi connectivity index (χ3v) is 7.25. The van der Waals surface area contributed by atoms with Gasteiger partial charge in [0, 0.05) is 36.4 Å². The molecule has 1 heterocycles. The summed E-state index contributed by atoms with van der Waals surface area (Å²) in [6.07, 6.45) is 2.99. The molecule has 0 saturated heterocycles. The molecule has 4 atom stereocenters. The lowest BCUT2D eigenvalue weighted by Gasteiger charge is -2.25. The Balaban J connectivity index is 1.82. The van der Waals surface area contributed by atoms with Crippen LogP contribution in [0.2, 0.25) is 0 Å². The molecule has 4 unspecified atom stereocenters. The van der Waals surface area contributed by atoms with E-state index in [0.29, 0.717) is 19.4 Å². The second-order valence-electron chi connectivity index (χ2n) is 10.7. The number of aromatic amines is 1. The van der Waals surface area contributed by atoms with Crippen molar-refractivity contribution in [3.05, 3.63) is 71.9 Å². The number of aromatic nitrogens is 1. The van der Waals surface area contributed by atoms with Gasteiger partial charge in [-0.15, -0.1) is 0 Å². The van der Waals surface area contributed by atoms with Crippen LogP contribution in [-0.2, 0) is 36.8 Å². The summed E-state index contributed by atoms with van der Waals surface area (Å²) in [5, 5.41) is 18.6. The molecule has 0 fully saturated rings. The minimum absolute atomic E-state index is 0.00922. The van der Waals surface area contributed by atoms with Crippen molar-refractivity contribution in [2.24, 2.45) is 17.2 Å². The fraction of sp³-hybridized carbons (Fsp3) is 0.387. The van der Waals surface area contributed by atoms with Gasteiger partial charge >= 0.3 is 5.97 Å². The van der Waals surface area contributed by atoms with Gasteiger partial charge in [0.25, 0.3) is 0 Å². The van der Waals surface area contributed by atoms with E-state index < -0.39 is 53.8 Å². The average molecular weight is 608 g/mol. The van der Waals surface area contributed by atoms with Crippen LogP contribution < -0.4 is 33.2 Å². The van der Waals surface area contributed by atoms with Gasteiger partial charge in [0.2, 0.25) is 23.6 Å². The van der Waals surface area contributed by atoms with Crippen LogP contribution >= 0.6 is 0 Å². The Bertz CT molecular complexity index is 1430. The standard InChI is InChI=1S/C31H41N7O6/c32-15-7-6-12-24(29(41)38-26(31(43)44)16-19-8-2-1-3-9-19)36-30(42)25(37-28(40)22(33)13-14-27(34)39)17-20-18-35-23-11-5-4-10-21(20)23/h1-5,8-11,18,22,24-26,35H,6-7,12-17,32-33H2,(H2,34,39)(H,36,42)(H,37,40)(H,38,41)(H,43,44). The third-order valence-electron chi connectivity index (χ3n) is 7.25. The minimum Gasteiger partial charge on any atom is -0.480 e. The van der Waals surface area contributed by atoms with Crippen molar-refractivity contribution in [3.8, 4) is 0 Å². The molecule has 236 valence electrons. The fourth-order valence-corrected chi connectivity index (χ4v) is 4.79. The topological polar surface area (TPSA) is 236 Å². The van der Waals surface area contributed by atoms with Gasteiger partial charge in [0.1, 0.15) is 18.1 Å². The van der Waals surface area contributed by atoms with Crippen molar-refractivity contribution < 1.29 is 29.1 Å². The highest BCUT2D eigenvalue weighted by Gasteiger charge is 2.31. The molecule has 0 aliphatic heterocycles. The molecule has 13 heteroatoms. The van der Waals surface area contributed by atoms with Crippen LogP contribution in [0.1, 0.15) is 43.2 Å². The van der Waals surface area contributed by atoms with Crippen molar-refractivity contribution in [3.63, 3.8) is 0 Å². The van der Waals surface area contributed by atoms with Crippen LogP contribution in [0.4, 0.5) is 0 Å². The summed E-state index contributed by atoms with van der Waals surface area (Å²) in [4.78, 5) is 66.4. The van der Waals surface area contributed by atoms with Crippen molar-refractivity contribution in [2.45, 2.75) is 69.1 Å². The predicted molar refractivity (Wildman–Crippen MR) is 165 cm³/mol. The fourth-order valence-electron chi connectivity index (χ4n) is 4.79. The van der Waals surface area contributed by atoms with Crippen molar-refractivity contribution in [2.75, 3.05) is 6.54 Å². The van der Waals surface area contributed by atoms with Gasteiger partial charge in [-0.05, 0) is 49.4 Å². The number of nitrogens with one attached hydrogen (secondary N) is 4. The molecule has 44 heavy (non-hydrogen) atoms. The molecule has 0 aliphatic carbocycles. The Labute approximate surface area is 255 Å². The van der Waals surface area contributed by atoms with Crippen LogP contribution in [0, 0.1) is 0 Å². The van der Waals surface area contributed by atoms with Crippen LogP contribution in [0.5, 0.6) is 0 Å². The van der Waals surface area contributed by atoms with E-state index in [1.807, 2.05) is 24.3 Å². The van der Waals surface area contributed by atoms with Gasteiger partial charge in [-0.1, -0.05) is 48.5 Å². The van der Waals surface area contributed by atoms with E-state index in [-0.39, 0.29) is 32.1 Å². The van der Waals surface area contributed by atoms with E-state index in [1.165, 1.54) is 0 Å². The Morgan fingerprint density at radius 2 is 1.41 bits per heavy atom. The third kappa shape index (κ3) is 10.2. The highest BCUT2D eigenvalue weighted by atomic mass is 16.4. The smallest absolute Gasteiger partial charge is 0.326 e. The first-order valence-electron chi connectivity index (χ1n) is 14.6. The van der Waals surface area contributed by atoms with Gasteiger partial charge < -0.3 is 43.2 Å². The molecule has 1 aromatic heterocycles. The second-order valence-corrected chi connectivity index (χ2v) is 10.7. The van der Waals surface area contributed by atoms with Crippen molar-refractivity contribution in [1.29, 1.82) is 0 Å². The number of hydrogen-bond acceptors (Lipinski definition) is 7. The molecule has 4 amide bonds. The zero-order valence-corrected chi connectivity index (χ0v) is 24.5. The number of benzene rings is 2. The number of amides is 4. The number of unbranched alkanes of at least 4 members (excludes halogenated alkanes) is 1. The lowest BCUT2D eigenvalue weighted by atomic mass is 10.0. The molecule has 3 aromatic rings. The molecule has 0 spiro atoms. The largest absolute Gasteiger partial charge is 0.480 e. The van der Waals surface area contributed by atoms with Crippen molar-refractivity contribution >= 4 is 40.5 Å². The number of fused-ring (bicyclic) bond motifs is 1. The summed E-state index contributed by atoms with van der Waals surface area (Å²) >= 11 is 0. The number of H-pyrrole nitrogens is 1. The lowest BCUT2D eigenvalue weighted by molar-refractivity contribution is -0.142. The first kappa shape index (κ1) is 33.7. The van der Waals surface area contributed by atoms with Crippen molar-refractivity contribution in [1.82, 2.24) is 20.9 Å². The highest BCUT2D eigenvalue weighted by molar-refractivity contribution is 5.95. The Morgan fingerprint density at radius 3 is 2.09 bits per heavy atom. The van der Waals surface area contributed by atoms with E-state index in [1.54, 1.807) is 36.5 Å². The molecule has 0 saturated carbocycles. The molecule has 0 bridgehead atoms. The summed E-state index contributed by atoms with van der Waals surface area (Å²) in [7, 11) is 0. The number of carbonyl (C=O) groups is 5. The van der Waals surface area contributed by atoms with Gasteiger partial charge in [0.05, 0.1) is 6.04 Å². The van der Waals surface area contributed by atoms with Gasteiger partial charge in [-0.25, -0.2) is 4.79 Å². The van der Waals surface area contributed by atoms with E-state index >= 15 is 0 Å². The average Bonchev–Trinajstić information content (AvgIpc) is 3.41. The number of carboxylic acids is 1. The number of hydrogen-bond donors (Lipinski definition) is 8. The molecule has 3 rings (SSSR count). The number of aliphatic carboxylic acids is 1. The number of nitrogens with two attached hydrogens (primary N) is 3. The summed E-state index contributed by atoms with van der Waals surface area (Å²) in [5.74, 6) is -3.82. The van der Waals surface area contributed by atoms with E-state index in [2.05, 4.69) is 20.9 Å². The maximum Gasteiger partial charge on any atom is 0.326 e. The molecule has 0 aliphatic rings. The molecule has 13 nitrogen and oxygen atoms in total.